The van der Waals surface area contributed by atoms with Crippen LogP contribution >= 0.6 is 0 Å². The summed E-state index contributed by atoms with van der Waals surface area (Å²) in [5.74, 6) is 0.407. The molecule has 1 atom stereocenters. The fourth-order valence-electron chi connectivity index (χ4n) is 3.44. The number of rotatable bonds is 6. The standard InChI is InChI=1S/C19H23N5OS/c1-20-15-8-9-16(22-14-5-2-3-6-14)13(11-15)12-26(25)19-23-17-7-4-10-21-18(17)24-19/h4,7-11,14,20,22H,2-3,5-6,12H2,1H3,(H,21,23,24). The molecule has 1 fully saturated rings. The molecule has 2 aromatic heterocycles. The fraction of sp³-hybridized carbons (Fsp3) is 0.368. The quantitative estimate of drug-likeness (QED) is 0.618. The van der Waals surface area contributed by atoms with Crippen molar-refractivity contribution < 1.29 is 4.21 Å². The number of fused-ring (bicyclic) bond motifs is 1. The van der Waals surface area contributed by atoms with Gasteiger partial charge in [0.25, 0.3) is 0 Å². The molecule has 1 saturated carbocycles. The van der Waals surface area contributed by atoms with Crippen molar-refractivity contribution >= 4 is 33.3 Å². The summed E-state index contributed by atoms with van der Waals surface area (Å²) in [5.41, 5.74) is 4.53. The van der Waals surface area contributed by atoms with E-state index in [0.29, 0.717) is 22.6 Å². The van der Waals surface area contributed by atoms with Gasteiger partial charge in [0, 0.05) is 30.7 Å². The van der Waals surface area contributed by atoms with E-state index in [-0.39, 0.29) is 0 Å². The molecule has 136 valence electrons. The average molecular weight is 369 g/mol. The van der Waals surface area contributed by atoms with Crippen LogP contribution < -0.4 is 10.6 Å². The Hall–Kier alpha value is -2.41. The highest BCUT2D eigenvalue weighted by molar-refractivity contribution is 7.84. The molecule has 7 heteroatoms. The average Bonchev–Trinajstić information content (AvgIpc) is 3.32. The number of nitrogens with one attached hydrogen (secondary N) is 3. The van der Waals surface area contributed by atoms with Crippen LogP contribution in [0.25, 0.3) is 11.2 Å². The molecule has 0 aliphatic heterocycles. The Labute approximate surface area is 155 Å². The number of pyridine rings is 1. The maximum absolute atomic E-state index is 12.9. The predicted molar refractivity (Wildman–Crippen MR) is 106 cm³/mol. The van der Waals surface area contributed by atoms with Crippen molar-refractivity contribution in [3.63, 3.8) is 0 Å². The number of aromatic amines is 1. The van der Waals surface area contributed by atoms with E-state index < -0.39 is 10.8 Å². The van der Waals surface area contributed by atoms with Crippen LogP contribution in [0.2, 0.25) is 0 Å². The zero-order valence-electron chi connectivity index (χ0n) is 14.8. The molecule has 0 amide bonds. The number of hydrogen-bond acceptors (Lipinski definition) is 5. The third-order valence-corrected chi connectivity index (χ3v) is 6.04. The molecule has 0 spiro atoms. The maximum Gasteiger partial charge on any atom is 0.199 e. The summed E-state index contributed by atoms with van der Waals surface area (Å²) in [5, 5.41) is 7.27. The molecule has 6 nitrogen and oxygen atoms in total. The van der Waals surface area contributed by atoms with E-state index in [1.807, 2.05) is 19.2 Å². The largest absolute Gasteiger partial charge is 0.388 e. The molecular formula is C19H23N5OS. The summed E-state index contributed by atoms with van der Waals surface area (Å²) < 4.78 is 12.9. The lowest BCUT2D eigenvalue weighted by Gasteiger charge is -2.18. The first kappa shape index (κ1) is 17.0. The van der Waals surface area contributed by atoms with Gasteiger partial charge in [0.2, 0.25) is 0 Å². The van der Waals surface area contributed by atoms with E-state index in [1.165, 1.54) is 25.7 Å². The topological polar surface area (TPSA) is 82.7 Å². The summed E-state index contributed by atoms with van der Waals surface area (Å²) in [6.45, 7) is 0. The Kier molecular flexibility index (Phi) is 4.88. The maximum atomic E-state index is 12.9. The van der Waals surface area contributed by atoms with Crippen LogP contribution in [0.3, 0.4) is 0 Å². The minimum absolute atomic E-state index is 0.407. The van der Waals surface area contributed by atoms with Gasteiger partial charge in [-0.3, -0.25) is 4.21 Å². The van der Waals surface area contributed by atoms with E-state index in [4.69, 9.17) is 0 Å². The summed E-state index contributed by atoms with van der Waals surface area (Å²) >= 11 is 0. The Morgan fingerprint density at radius 2 is 2.12 bits per heavy atom. The van der Waals surface area contributed by atoms with E-state index in [1.54, 1.807) is 6.20 Å². The number of nitrogens with zero attached hydrogens (tertiary/aromatic N) is 2. The Balaban J connectivity index is 1.59. The van der Waals surface area contributed by atoms with Gasteiger partial charge in [0.05, 0.1) is 22.1 Å². The second-order valence-electron chi connectivity index (χ2n) is 6.65. The van der Waals surface area contributed by atoms with Crippen LogP contribution in [0.5, 0.6) is 0 Å². The molecule has 1 unspecified atom stereocenters. The van der Waals surface area contributed by atoms with Gasteiger partial charge in [-0.25, -0.2) is 9.97 Å². The molecule has 4 rings (SSSR count). The molecule has 1 aliphatic carbocycles. The first-order chi connectivity index (χ1) is 12.7. The fourth-order valence-corrected chi connectivity index (χ4v) is 4.51. The normalized spacial score (nSPS) is 16.0. The van der Waals surface area contributed by atoms with Crippen molar-refractivity contribution in [2.45, 2.75) is 42.6 Å². The first-order valence-corrected chi connectivity index (χ1v) is 10.3. The van der Waals surface area contributed by atoms with Gasteiger partial charge in [0.15, 0.2) is 10.8 Å². The lowest BCUT2D eigenvalue weighted by atomic mass is 10.1. The highest BCUT2D eigenvalue weighted by Gasteiger charge is 2.18. The van der Waals surface area contributed by atoms with Crippen LogP contribution in [0.4, 0.5) is 11.4 Å². The van der Waals surface area contributed by atoms with Gasteiger partial charge in [-0.05, 0) is 48.7 Å². The zero-order valence-corrected chi connectivity index (χ0v) is 15.6. The second-order valence-corrected chi connectivity index (χ2v) is 8.02. The molecule has 1 aromatic carbocycles. The third kappa shape index (κ3) is 3.58. The van der Waals surface area contributed by atoms with Gasteiger partial charge in [-0.2, -0.15) is 0 Å². The van der Waals surface area contributed by atoms with Gasteiger partial charge in [-0.1, -0.05) is 12.8 Å². The highest BCUT2D eigenvalue weighted by Crippen LogP contribution is 2.28. The monoisotopic (exact) mass is 369 g/mol. The van der Waals surface area contributed by atoms with Crippen molar-refractivity contribution in [2.75, 3.05) is 17.7 Å². The summed E-state index contributed by atoms with van der Waals surface area (Å²) in [6.07, 6.45) is 6.64. The number of benzene rings is 1. The van der Waals surface area contributed by atoms with Crippen LogP contribution in [0.15, 0.2) is 41.7 Å². The van der Waals surface area contributed by atoms with Crippen LogP contribution in [0, 0.1) is 0 Å². The molecule has 1 aliphatic rings. The van der Waals surface area contributed by atoms with E-state index in [2.05, 4.69) is 43.8 Å². The van der Waals surface area contributed by atoms with Gasteiger partial charge >= 0.3 is 0 Å². The lowest BCUT2D eigenvalue weighted by molar-refractivity contribution is 0.677. The van der Waals surface area contributed by atoms with E-state index >= 15 is 0 Å². The SMILES string of the molecule is CNc1ccc(NC2CCCC2)c(CS(=O)c2nc3ncccc3[nH]2)c1. The molecule has 26 heavy (non-hydrogen) atoms. The minimum atomic E-state index is -1.27. The number of hydrogen-bond donors (Lipinski definition) is 3. The number of aromatic nitrogens is 3. The third-order valence-electron chi connectivity index (χ3n) is 4.85. The lowest BCUT2D eigenvalue weighted by Crippen LogP contribution is -2.16. The van der Waals surface area contributed by atoms with Crippen LogP contribution in [0.1, 0.15) is 31.2 Å². The van der Waals surface area contributed by atoms with Crippen molar-refractivity contribution in [2.24, 2.45) is 0 Å². The Morgan fingerprint density at radius 3 is 2.88 bits per heavy atom. The number of imidazole rings is 1. The summed E-state index contributed by atoms with van der Waals surface area (Å²) in [7, 11) is 0.629. The molecule has 2 heterocycles. The van der Waals surface area contributed by atoms with Crippen LogP contribution in [-0.4, -0.2) is 32.3 Å². The Morgan fingerprint density at radius 1 is 1.27 bits per heavy atom. The van der Waals surface area contributed by atoms with E-state index in [0.717, 1.165) is 22.5 Å². The molecule has 0 bridgehead atoms. The van der Waals surface area contributed by atoms with Crippen molar-refractivity contribution in [3.8, 4) is 0 Å². The molecule has 3 aromatic rings. The van der Waals surface area contributed by atoms with Crippen molar-refractivity contribution in [3.05, 3.63) is 42.1 Å². The molecular weight excluding hydrogens is 346 g/mol. The summed E-state index contributed by atoms with van der Waals surface area (Å²) in [4.78, 5) is 11.7. The number of H-pyrrole nitrogens is 1. The molecule has 3 N–H and O–H groups in total. The number of anilines is 2. The first-order valence-electron chi connectivity index (χ1n) is 8.99. The predicted octanol–water partition coefficient (Wildman–Crippen LogP) is 3.66. The van der Waals surface area contributed by atoms with Crippen molar-refractivity contribution in [1.29, 1.82) is 0 Å². The molecule has 0 saturated heterocycles. The summed E-state index contributed by atoms with van der Waals surface area (Å²) in [6, 6.07) is 10.4. The minimum Gasteiger partial charge on any atom is -0.388 e. The van der Waals surface area contributed by atoms with Crippen molar-refractivity contribution in [1.82, 2.24) is 15.0 Å². The second kappa shape index (κ2) is 7.45. The highest BCUT2D eigenvalue weighted by atomic mass is 32.2. The molecule has 0 radical (unpaired) electrons. The smallest absolute Gasteiger partial charge is 0.199 e. The van der Waals surface area contributed by atoms with Gasteiger partial charge < -0.3 is 15.6 Å². The van der Waals surface area contributed by atoms with Gasteiger partial charge in [0.1, 0.15) is 0 Å². The van der Waals surface area contributed by atoms with E-state index in [9.17, 15) is 4.21 Å². The van der Waals surface area contributed by atoms with Gasteiger partial charge in [-0.15, -0.1) is 0 Å². The zero-order chi connectivity index (χ0) is 17.9. The van der Waals surface area contributed by atoms with Crippen LogP contribution in [-0.2, 0) is 16.6 Å². The Bertz CT molecular complexity index is 900.